The van der Waals surface area contributed by atoms with E-state index in [-0.39, 0.29) is 18.4 Å². The average molecular weight is 283 g/mol. The van der Waals surface area contributed by atoms with Crippen molar-refractivity contribution in [2.75, 3.05) is 12.4 Å². The summed E-state index contributed by atoms with van der Waals surface area (Å²) in [4.78, 5) is 0. The van der Waals surface area contributed by atoms with Crippen molar-refractivity contribution < 1.29 is 13.5 Å². The van der Waals surface area contributed by atoms with E-state index < -0.39 is 10.0 Å². The molecule has 19 heavy (non-hydrogen) atoms. The number of hydrogen-bond donors (Lipinski definition) is 2. The third-order valence-corrected chi connectivity index (χ3v) is 5.18. The minimum absolute atomic E-state index is 0.0362. The molecule has 0 aliphatic heterocycles. The molecule has 4 nitrogen and oxygen atoms in total. The second-order valence-corrected chi connectivity index (χ2v) is 6.97. The van der Waals surface area contributed by atoms with Gasteiger partial charge in [-0.25, -0.2) is 13.1 Å². The third kappa shape index (κ3) is 4.30. The summed E-state index contributed by atoms with van der Waals surface area (Å²) in [6.07, 6.45) is 3.56. The predicted octanol–water partition coefficient (Wildman–Crippen LogP) is 1.83. The average Bonchev–Trinajstić information content (AvgIpc) is 2.35. The molecule has 1 saturated carbocycles. The zero-order chi connectivity index (χ0) is 13.7. The Bertz CT molecular complexity index is 483. The maximum Gasteiger partial charge on any atom is 0.212 e. The highest BCUT2D eigenvalue weighted by Crippen LogP contribution is 2.28. The normalized spacial score (nSPS) is 17.9. The fourth-order valence-corrected chi connectivity index (χ4v) is 4.08. The first-order valence-corrected chi connectivity index (χ1v) is 8.42. The van der Waals surface area contributed by atoms with E-state index in [0.29, 0.717) is 12.3 Å². The summed E-state index contributed by atoms with van der Waals surface area (Å²) in [6.45, 7) is -0.0362. The fourth-order valence-electron chi connectivity index (χ4n) is 2.34. The van der Waals surface area contributed by atoms with E-state index in [1.165, 1.54) is 0 Å². The van der Waals surface area contributed by atoms with Crippen LogP contribution in [0.15, 0.2) is 30.3 Å². The van der Waals surface area contributed by atoms with Gasteiger partial charge in [-0.2, -0.15) is 0 Å². The minimum atomic E-state index is -3.27. The molecule has 1 aliphatic carbocycles. The molecule has 5 heteroatoms. The lowest BCUT2D eigenvalue weighted by Gasteiger charge is -2.26. The van der Waals surface area contributed by atoms with Crippen molar-refractivity contribution in [1.29, 1.82) is 0 Å². The second-order valence-electron chi connectivity index (χ2n) is 5.17. The number of nitrogens with one attached hydrogen (secondary N) is 1. The van der Waals surface area contributed by atoms with Crippen molar-refractivity contribution >= 4 is 10.0 Å². The van der Waals surface area contributed by atoms with Gasteiger partial charge < -0.3 is 5.11 Å². The van der Waals surface area contributed by atoms with Crippen LogP contribution in [-0.4, -0.2) is 25.9 Å². The van der Waals surface area contributed by atoms with Gasteiger partial charge in [0.15, 0.2) is 0 Å². The zero-order valence-corrected chi connectivity index (χ0v) is 11.8. The van der Waals surface area contributed by atoms with Crippen molar-refractivity contribution in [2.45, 2.75) is 31.7 Å². The van der Waals surface area contributed by atoms with Gasteiger partial charge in [-0.05, 0) is 30.7 Å². The predicted molar refractivity (Wildman–Crippen MR) is 75.1 cm³/mol. The molecule has 1 fully saturated rings. The van der Waals surface area contributed by atoms with Crippen LogP contribution in [0.5, 0.6) is 0 Å². The largest absolute Gasteiger partial charge is 0.396 e. The van der Waals surface area contributed by atoms with Crippen LogP contribution in [0.1, 0.15) is 37.3 Å². The van der Waals surface area contributed by atoms with Crippen molar-refractivity contribution in [1.82, 2.24) is 4.72 Å². The molecule has 2 N–H and O–H groups in total. The molecule has 1 aromatic rings. The van der Waals surface area contributed by atoms with Gasteiger partial charge in [0.05, 0.1) is 5.75 Å². The summed E-state index contributed by atoms with van der Waals surface area (Å²) < 4.78 is 26.9. The molecular formula is C14H21NO3S. The van der Waals surface area contributed by atoms with Gasteiger partial charge in [-0.3, -0.25) is 0 Å². The Balaban J connectivity index is 2.03. The van der Waals surface area contributed by atoms with E-state index in [1.807, 2.05) is 30.3 Å². The van der Waals surface area contributed by atoms with E-state index in [2.05, 4.69) is 4.72 Å². The second kappa shape index (κ2) is 6.50. The fraction of sp³-hybridized carbons (Fsp3) is 0.571. The van der Waals surface area contributed by atoms with Crippen LogP contribution in [0.3, 0.4) is 0 Å². The van der Waals surface area contributed by atoms with Gasteiger partial charge in [0.25, 0.3) is 0 Å². The van der Waals surface area contributed by atoms with Crippen molar-refractivity contribution in [2.24, 2.45) is 5.92 Å². The number of sulfonamides is 1. The van der Waals surface area contributed by atoms with Gasteiger partial charge in [-0.15, -0.1) is 0 Å². The maximum absolute atomic E-state index is 12.1. The molecule has 0 bridgehead atoms. The molecule has 0 unspecified atom stereocenters. The van der Waals surface area contributed by atoms with Crippen LogP contribution in [0.25, 0.3) is 0 Å². The van der Waals surface area contributed by atoms with Crippen molar-refractivity contribution in [3.8, 4) is 0 Å². The standard InChI is InChI=1S/C14H21NO3S/c16-10-9-14(13-7-2-1-3-8-13)15-19(17,18)11-12-5-4-6-12/h1-3,7-8,12,14-16H,4-6,9-11H2/t14-/m1/s1. The van der Waals surface area contributed by atoms with Crippen molar-refractivity contribution in [3.63, 3.8) is 0 Å². The van der Waals surface area contributed by atoms with Gasteiger partial charge >= 0.3 is 0 Å². The Morgan fingerprint density at radius 3 is 2.47 bits per heavy atom. The van der Waals surface area contributed by atoms with Gasteiger partial charge in [0.1, 0.15) is 0 Å². The first kappa shape index (κ1) is 14.5. The minimum Gasteiger partial charge on any atom is -0.396 e. The van der Waals surface area contributed by atoms with Crippen LogP contribution < -0.4 is 4.72 Å². The molecule has 2 rings (SSSR count). The highest BCUT2D eigenvalue weighted by atomic mass is 32.2. The SMILES string of the molecule is O=S(=O)(CC1CCC1)N[C@H](CCO)c1ccccc1. The van der Waals surface area contributed by atoms with E-state index >= 15 is 0 Å². The molecule has 1 aromatic carbocycles. The monoisotopic (exact) mass is 283 g/mol. The van der Waals surface area contributed by atoms with Crippen LogP contribution >= 0.6 is 0 Å². The molecule has 0 spiro atoms. The van der Waals surface area contributed by atoms with Crippen LogP contribution in [0, 0.1) is 5.92 Å². The van der Waals surface area contributed by atoms with Crippen molar-refractivity contribution in [3.05, 3.63) is 35.9 Å². The topological polar surface area (TPSA) is 66.4 Å². The van der Waals surface area contributed by atoms with E-state index in [1.54, 1.807) is 0 Å². The third-order valence-electron chi connectivity index (χ3n) is 3.62. The molecule has 0 aromatic heterocycles. The lowest BCUT2D eigenvalue weighted by molar-refractivity contribution is 0.272. The van der Waals surface area contributed by atoms with Crippen LogP contribution in [0.2, 0.25) is 0 Å². The Morgan fingerprint density at radius 1 is 1.26 bits per heavy atom. The molecule has 0 amide bonds. The van der Waals surface area contributed by atoms with E-state index in [0.717, 1.165) is 24.8 Å². The molecular weight excluding hydrogens is 262 g/mol. The first-order chi connectivity index (χ1) is 9.11. The number of hydrogen-bond acceptors (Lipinski definition) is 3. The molecule has 0 heterocycles. The Hall–Kier alpha value is -0.910. The molecule has 0 radical (unpaired) electrons. The number of benzene rings is 1. The Morgan fingerprint density at radius 2 is 1.95 bits per heavy atom. The summed E-state index contributed by atoms with van der Waals surface area (Å²) in [5.41, 5.74) is 0.897. The highest BCUT2D eigenvalue weighted by Gasteiger charge is 2.26. The summed E-state index contributed by atoms with van der Waals surface area (Å²) in [6, 6.07) is 9.07. The van der Waals surface area contributed by atoms with Gasteiger partial charge in [0.2, 0.25) is 10.0 Å². The van der Waals surface area contributed by atoms with Crippen LogP contribution in [0.4, 0.5) is 0 Å². The molecule has 1 aliphatic rings. The number of aliphatic hydroxyl groups is 1. The number of rotatable bonds is 7. The van der Waals surface area contributed by atoms with Gasteiger partial charge in [0, 0.05) is 12.6 Å². The van der Waals surface area contributed by atoms with E-state index in [4.69, 9.17) is 5.11 Å². The smallest absolute Gasteiger partial charge is 0.212 e. The number of aliphatic hydroxyl groups excluding tert-OH is 1. The maximum atomic E-state index is 12.1. The van der Waals surface area contributed by atoms with E-state index in [9.17, 15) is 8.42 Å². The molecule has 0 saturated heterocycles. The zero-order valence-electron chi connectivity index (χ0n) is 11.0. The molecule has 1 atom stereocenters. The lowest BCUT2D eigenvalue weighted by Crippen LogP contribution is -2.35. The summed E-state index contributed by atoms with van der Waals surface area (Å²) >= 11 is 0. The van der Waals surface area contributed by atoms with Gasteiger partial charge in [-0.1, -0.05) is 36.8 Å². The summed E-state index contributed by atoms with van der Waals surface area (Å²) in [7, 11) is -3.27. The summed E-state index contributed by atoms with van der Waals surface area (Å²) in [5.74, 6) is 0.518. The summed E-state index contributed by atoms with van der Waals surface area (Å²) in [5, 5.41) is 9.10. The Kier molecular flexibility index (Phi) is 4.96. The highest BCUT2D eigenvalue weighted by molar-refractivity contribution is 7.89. The Labute approximate surface area is 114 Å². The quantitative estimate of drug-likeness (QED) is 0.802. The lowest BCUT2D eigenvalue weighted by atomic mass is 9.87. The first-order valence-electron chi connectivity index (χ1n) is 6.76. The van der Waals surface area contributed by atoms with Crippen LogP contribution in [-0.2, 0) is 10.0 Å². The molecule has 106 valence electrons.